The van der Waals surface area contributed by atoms with E-state index in [0.29, 0.717) is 37.2 Å². The number of methoxy groups -OCH3 is 1. The second-order valence-electron chi connectivity index (χ2n) is 7.88. The monoisotopic (exact) mass is 407 g/mol. The molecule has 1 spiro atoms. The molecule has 1 N–H and O–H groups in total. The first-order chi connectivity index (χ1) is 14.4. The molecule has 0 radical (unpaired) electrons. The molecule has 0 aliphatic carbocycles. The first-order valence-electron chi connectivity index (χ1n) is 10.1. The second kappa shape index (κ2) is 7.82. The van der Waals surface area contributed by atoms with Crippen LogP contribution in [-0.4, -0.2) is 53.4 Å². The predicted octanol–water partition coefficient (Wildman–Crippen LogP) is 2.73. The van der Waals surface area contributed by atoms with Gasteiger partial charge < -0.3 is 15.0 Å². The second-order valence-corrected chi connectivity index (χ2v) is 7.88. The number of carbonyl (C=O) groups is 3. The van der Waals surface area contributed by atoms with Crippen LogP contribution < -0.4 is 10.1 Å². The summed E-state index contributed by atoms with van der Waals surface area (Å²) < 4.78 is 5.29. The van der Waals surface area contributed by atoms with E-state index in [9.17, 15) is 14.4 Å². The standard InChI is InChI=1S/C23H25N3O4/c1-16-7-9-17(10-8-16)15-26-21(28)23(24-22(26)29)11-13-25(14-12-23)20(27)18-5-3-4-6-19(18)30-2/h3-10H,11-15H2,1-2H3,(H,24,29). The lowest BCUT2D eigenvalue weighted by Crippen LogP contribution is -2.55. The zero-order valence-corrected chi connectivity index (χ0v) is 17.2. The topological polar surface area (TPSA) is 79.0 Å². The van der Waals surface area contributed by atoms with E-state index in [1.165, 1.54) is 12.0 Å². The van der Waals surface area contributed by atoms with Gasteiger partial charge in [0.2, 0.25) is 0 Å². The Kier molecular flexibility index (Phi) is 5.20. The van der Waals surface area contributed by atoms with Crippen LogP contribution >= 0.6 is 0 Å². The van der Waals surface area contributed by atoms with Gasteiger partial charge in [0.1, 0.15) is 11.3 Å². The quantitative estimate of drug-likeness (QED) is 0.791. The summed E-state index contributed by atoms with van der Waals surface area (Å²) in [5, 5.41) is 2.90. The van der Waals surface area contributed by atoms with Crippen molar-refractivity contribution in [2.24, 2.45) is 0 Å². The Morgan fingerprint density at radius 2 is 1.73 bits per heavy atom. The molecule has 156 valence electrons. The Morgan fingerprint density at radius 3 is 2.40 bits per heavy atom. The fourth-order valence-electron chi connectivity index (χ4n) is 4.12. The van der Waals surface area contributed by atoms with Gasteiger partial charge in [-0.3, -0.25) is 14.5 Å². The third kappa shape index (κ3) is 3.51. The number of carbonyl (C=O) groups excluding carboxylic acids is 3. The van der Waals surface area contributed by atoms with Crippen molar-refractivity contribution in [3.63, 3.8) is 0 Å². The van der Waals surface area contributed by atoms with Crippen molar-refractivity contribution >= 4 is 17.8 Å². The lowest BCUT2D eigenvalue weighted by Gasteiger charge is -2.37. The number of hydrogen-bond acceptors (Lipinski definition) is 4. The minimum absolute atomic E-state index is 0.129. The molecule has 2 aromatic rings. The fourth-order valence-corrected chi connectivity index (χ4v) is 4.12. The maximum atomic E-state index is 13.1. The Hall–Kier alpha value is -3.35. The summed E-state index contributed by atoms with van der Waals surface area (Å²) in [4.78, 5) is 41.6. The zero-order valence-electron chi connectivity index (χ0n) is 17.2. The number of piperidine rings is 1. The predicted molar refractivity (Wildman–Crippen MR) is 111 cm³/mol. The number of nitrogens with zero attached hydrogens (tertiary/aromatic N) is 2. The van der Waals surface area contributed by atoms with Crippen molar-refractivity contribution < 1.29 is 19.1 Å². The van der Waals surface area contributed by atoms with E-state index in [0.717, 1.165) is 11.1 Å². The smallest absolute Gasteiger partial charge is 0.325 e. The zero-order chi connectivity index (χ0) is 21.3. The van der Waals surface area contributed by atoms with Gasteiger partial charge in [-0.15, -0.1) is 0 Å². The lowest BCUT2D eigenvalue weighted by atomic mass is 9.87. The van der Waals surface area contributed by atoms with E-state index >= 15 is 0 Å². The molecule has 0 aromatic heterocycles. The van der Waals surface area contributed by atoms with Crippen LogP contribution in [0.3, 0.4) is 0 Å². The van der Waals surface area contributed by atoms with Crippen LogP contribution in [0.25, 0.3) is 0 Å². The summed E-state index contributed by atoms with van der Waals surface area (Å²) in [7, 11) is 1.53. The van der Waals surface area contributed by atoms with Gasteiger partial charge in [-0.05, 0) is 37.5 Å². The molecule has 2 aromatic carbocycles. The molecule has 7 nitrogen and oxygen atoms in total. The SMILES string of the molecule is COc1ccccc1C(=O)N1CCC2(CC1)NC(=O)N(Cc1ccc(C)cc1)C2=O. The number of imide groups is 1. The molecule has 30 heavy (non-hydrogen) atoms. The average Bonchev–Trinajstić information content (AvgIpc) is 2.99. The van der Waals surface area contributed by atoms with Gasteiger partial charge in [0.05, 0.1) is 19.2 Å². The number of ether oxygens (including phenoxy) is 1. The van der Waals surface area contributed by atoms with Crippen LogP contribution in [0.4, 0.5) is 4.79 Å². The van der Waals surface area contributed by atoms with Gasteiger partial charge in [0.25, 0.3) is 11.8 Å². The molecule has 2 aliphatic heterocycles. The van der Waals surface area contributed by atoms with E-state index in [4.69, 9.17) is 4.74 Å². The highest BCUT2D eigenvalue weighted by Crippen LogP contribution is 2.31. The molecular formula is C23H25N3O4. The maximum absolute atomic E-state index is 13.1. The minimum atomic E-state index is -0.931. The Bertz CT molecular complexity index is 978. The third-order valence-electron chi connectivity index (χ3n) is 5.95. The van der Waals surface area contributed by atoms with Crippen molar-refractivity contribution in [3.8, 4) is 5.75 Å². The number of rotatable bonds is 4. The molecule has 0 atom stereocenters. The number of aryl methyl sites for hydroxylation is 1. The first kappa shape index (κ1) is 19.9. The highest BCUT2D eigenvalue weighted by Gasteiger charge is 2.52. The number of nitrogens with one attached hydrogen (secondary N) is 1. The van der Waals surface area contributed by atoms with Gasteiger partial charge in [0.15, 0.2) is 0 Å². The van der Waals surface area contributed by atoms with Crippen LogP contribution in [0.15, 0.2) is 48.5 Å². The van der Waals surface area contributed by atoms with Crippen LogP contribution in [-0.2, 0) is 11.3 Å². The minimum Gasteiger partial charge on any atom is -0.496 e. The maximum Gasteiger partial charge on any atom is 0.325 e. The molecule has 0 unspecified atom stereocenters. The van der Waals surface area contributed by atoms with Crippen LogP contribution in [0.2, 0.25) is 0 Å². The number of urea groups is 1. The normalized spacial score (nSPS) is 17.9. The van der Waals surface area contributed by atoms with Gasteiger partial charge in [-0.2, -0.15) is 0 Å². The van der Waals surface area contributed by atoms with Crippen LogP contribution in [0.1, 0.15) is 34.3 Å². The fraction of sp³-hybridized carbons (Fsp3) is 0.348. The van der Waals surface area contributed by atoms with Crippen LogP contribution in [0.5, 0.6) is 5.75 Å². The molecule has 2 fully saturated rings. The van der Waals surface area contributed by atoms with Crippen molar-refractivity contribution in [2.45, 2.75) is 31.8 Å². The molecule has 4 amide bonds. The van der Waals surface area contributed by atoms with Gasteiger partial charge in [0, 0.05) is 13.1 Å². The van der Waals surface area contributed by atoms with E-state index in [1.54, 1.807) is 23.1 Å². The largest absolute Gasteiger partial charge is 0.496 e. The molecule has 2 aliphatic rings. The summed E-state index contributed by atoms with van der Waals surface area (Å²) in [6, 6.07) is 14.5. The summed E-state index contributed by atoms with van der Waals surface area (Å²) in [5.74, 6) is 0.186. The van der Waals surface area contributed by atoms with E-state index in [-0.39, 0.29) is 24.4 Å². The Balaban J connectivity index is 1.45. The summed E-state index contributed by atoms with van der Waals surface area (Å²) >= 11 is 0. The Labute approximate surface area is 175 Å². The van der Waals surface area contributed by atoms with Gasteiger partial charge >= 0.3 is 6.03 Å². The van der Waals surface area contributed by atoms with Crippen LogP contribution in [0, 0.1) is 6.92 Å². The summed E-state index contributed by atoms with van der Waals surface area (Å²) in [6.07, 6.45) is 0.783. The molecule has 7 heteroatoms. The molecular weight excluding hydrogens is 382 g/mol. The molecule has 2 heterocycles. The summed E-state index contributed by atoms with van der Waals surface area (Å²) in [5.41, 5.74) is 1.60. The molecule has 2 saturated heterocycles. The summed E-state index contributed by atoms with van der Waals surface area (Å²) in [6.45, 7) is 3.02. The average molecular weight is 407 g/mol. The number of benzene rings is 2. The number of likely N-dealkylation sites (tertiary alicyclic amines) is 1. The molecule has 4 rings (SSSR count). The lowest BCUT2D eigenvalue weighted by molar-refractivity contribution is -0.133. The van der Waals surface area contributed by atoms with Crippen molar-refractivity contribution in [1.29, 1.82) is 0 Å². The van der Waals surface area contributed by atoms with Crippen molar-refractivity contribution in [2.75, 3.05) is 20.2 Å². The number of amides is 4. The van der Waals surface area contributed by atoms with Crippen molar-refractivity contribution in [3.05, 3.63) is 65.2 Å². The third-order valence-corrected chi connectivity index (χ3v) is 5.95. The number of hydrogen-bond donors (Lipinski definition) is 1. The highest BCUT2D eigenvalue weighted by atomic mass is 16.5. The van der Waals surface area contributed by atoms with Gasteiger partial charge in [-0.1, -0.05) is 42.0 Å². The van der Waals surface area contributed by atoms with Gasteiger partial charge in [-0.25, -0.2) is 4.79 Å². The van der Waals surface area contributed by atoms with E-state index in [2.05, 4.69) is 5.32 Å². The Morgan fingerprint density at radius 1 is 1.07 bits per heavy atom. The molecule has 0 saturated carbocycles. The number of para-hydroxylation sites is 1. The van der Waals surface area contributed by atoms with E-state index < -0.39 is 5.54 Å². The van der Waals surface area contributed by atoms with Crippen molar-refractivity contribution in [1.82, 2.24) is 15.1 Å². The van der Waals surface area contributed by atoms with E-state index in [1.807, 2.05) is 37.3 Å². The highest BCUT2D eigenvalue weighted by molar-refractivity contribution is 6.07. The first-order valence-corrected chi connectivity index (χ1v) is 10.1. The molecule has 0 bridgehead atoms.